The first kappa shape index (κ1) is 13.3. The van der Waals surface area contributed by atoms with E-state index >= 15 is 0 Å². The molecule has 0 radical (unpaired) electrons. The summed E-state index contributed by atoms with van der Waals surface area (Å²) < 4.78 is 0. The number of aryl methyl sites for hydroxylation is 2. The predicted molar refractivity (Wildman–Crippen MR) is 79.1 cm³/mol. The molecule has 0 atom stereocenters. The van der Waals surface area contributed by atoms with Gasteiger partial charge in [-0.1, -0.05) is 12.1 Å². The fraction of sp³-hybridized carbons (Fsp3) is 0.333. The summed E-state index contributed by atoms with van der Waals surface area (Å²) in [5.41, 5.74) is 9.69. The minimum Gasteiger partial charge on any atom is -0.399 e. The molecule has 0 bridgehead atoms. The zero-order chi connectivity index (χ0) is 13.8. The van der Waals surface area contributed by atoms with Crippen LogP contribution in [-0.4, -0.2) is 16.5 Å². The molecular weight excluding hydrogens is 236 g/mol. The first-order valence-electron chi connectivity index (χ1n) is 6.50. The smallest absolute Gasteiger partial charge is 0.226 e. The Hall–Kier alpha value is -2.10. The number of hydrogen-bond donors (Lipinski definition) is 1. The average Bonchev–Trinajstić information content (AvgIpc) is 2.37. The number of aromatic nitrogens is 2. The van der Waals surface area contributed by atoms with Crippen LogP contribution in [-0.2, 0) is 6.54 Å². The van der Waals surface area contributed by atoms with E-state index in [1.54, 1.807) is 0 Å². The standard InChI is InChI=1S/C15H20N4/c1-4-19(10-13-5-7-14(16)8-6-13)15-17-11(2)9-12(3)18-15/h5-9H,4,10,16H2,1-3H3. The van der Waals surface area contributed by atoms with Gasteiger partial charge in [-0.05, 0) is 44.5 Å². The Labute approximate surface area is 114 Å². The van der Waals surface area contributed by atoms with E-state index in [1.165, 1.54) is 5.56 Å². The summed E-state index contributed by atoms with van der Waals surface area (Å²) in [5, 5.41) is 0. The van der Waals surface area contributed by atoms with Gasteiger partial charge in [0.1, 0.15) is 0 Å². The van der Waals surface area contributed by atoms with Crippen molar-refractivity contribution in [1.29, 1.82) is 0 Å². The second-order valence-electron chi connectivity index (χ2n) is 4.71. The van der Waals surface area contributed by atoms with Crippen LogP contribution in [0.3, 0.4) is 0 Å². The zero-order valence-corrected chi connectivity index (χ0v) is 11.7. The van der Waals surface area contributed by atoms with Crippen LogP contribution in [0.25, 0.3) is 0 Å². The lowest BCUT2D eigenvalue weighted by Gasteiger charge is -2.21. The molecular formula is C15H20N4. The monoisotopic (exact) mass is 256 g/mol. The van der Waals surface area contributed by atoms with Gasteiger partial charge in [0, 0.05) is 30.2 Å². The van der Waals surface area contributed by atoms with Crippen molar-refractivity contribution in [3.05, 3.63) is 47.3 Å². The van der Waals surface area contributed by atoms with E-state index in [0.717, 1.165) is 36.1 Å². The van der Waals surface area contributed by atoms with Crippen LogP contribution in [0.15, 0.2) is 30.3 Å². The van der Waals surface area contributed by atoms with Crippen LogP contribution < -0.4 is 10.6 Å². The number of anilines is 2. The highest BCUT2D eigenvalue weighted by Gasteiger charge is 2.09. The van der Waals surface area contributed by atoms with Crippen LogP contribution >= 0.6 is 0 Å². The van der Waals surface area contributed by atoms with Gasteiger partial charge in [0.2, 0.25) is 5.95 Å². The number of nitrogens with zero attached hydrogens (tertiary/aromatic N) is 3. The molecule has 0 saturated heterocycles. The van der Waals surface area contributed by atoms with E-state index in [-0.39, 0.29) is 0 Å². The number of benzene rings is 1. The summed E-state index contributed by atoms with van der Waals surface area (Å²) in [5.74, 6) is 0.789. The molecule has 1 aromatic heterocycles. The van der Waals surface area contributed by atoms with Crippen molar-refractivity contribution in [3.63, 3.8) is 0 Å². The molecule has 1 aromatic carbocycles. The Morgan fingerprint density at radius 1 is 1.05 bits per heavy atom. The SMILES string of the molecule is CCN(Cc1ccc(N)cc1)c1nc(C)cc(C)n1. The molecule has 100 valence electrons. The third-order valence-electron chi connectivity index (χ3n) is 2.99. The first-order valence-corrected chi connectivity index (χ1v) is 6.50. The molecule has 2 aromatic rings. The quantitative estimate of drug-likeness (QED) is 0.855. The Balaban J connectivity index is 2.22. The Morgan fingerprint density at radius 3 is 2.16 bits per heavy atom. The third-order valence-corrected chi connectivity index (χ3v) is 2.99. The van der Waals surface area contributed by atoms with Crippen molar-refractivity contribution in [3.8, 4) is 0 Å². The van der Waals surface area contributed by atoms with E-state index in [1.807, 2.05) is 44.2 Å². The van der Waals surface area contributed by atoms with Crippen LogP contribution in [0, 0.1) is 13.8 Å². The summed E-state index contributed by atoms with van der Waals surface area (Å²) in [6, 6.07) is 9.92. The van der Waals surface area contributed by atoms with Gasteiger partial charge < -0.3 is 10.6 Å². The molecule has 1 heterocycles. The molecule has 0 aliphatic carbocycles. The first-order chi connectivity index (χ1) is 9.08. The summed E-state index contributed by atoms with van der Waals surface area (Å²) >= 11 is 0. The van der Waals surface area contributed by atoms with Gasteiger partial charge >= 0.3 is 0 Å². The summed E-state index contributed by atoms with van der Waals surface area (Å²) in [4.78, 5) is 11.2. The second-order valence-corrected chi connectivity index (χ2v) is 4.71. The third kappa shape index (κ3) is 3.44. The second kappa shape index (κ2) is 5.69. The lowest BCUT2D eigenvalue weighted by Crippen LogP contribution is -2.24. The molecule has 4 nitrogen and oxygen atoms in total. The van der Waals surface area contributed by atoms with Gasteiger partial charge in [-0.2, -0.15) is 0 Å². The van der Waals surface area contributed by atoms with Crippen LogP contribution in [0.5, 0.6) is 0 Å². The topological polar surface area (TPSA) is 55.0 Å². The van der Waals surface area contributed by atoms with Crippen molar-refractivity contribution >= 4 is 11.6 Å². The number of nitrogens with two attached hydrogens (primary N) is 1. The minimum absolute atomic E-state index is 0.787. The molecule has 0 unspecified atom stereocenters. The largest absolute Gasteiger partial charge is 0.399 e. The Bertz CT molecular complexity index is 528. The van der Waals surface area contributed by atoms with Crippen molar-refractivity contribution < 1.29 is 0 Å². The molecule has 2 rings (SSSR count). The van der Waals surface area contributed by atoms with E-state index in [4.69, 9.17) is 5.73 Å². The molecule has 0 amide bonds. The average molecular weight is 256 g/mol. The van der Waals surface area contributed by atoms with Crippen molar-refractivity contribution in [2.45, 2.75) is 27.3 Å². The lowest BCUT2D eigenvalue weighted by molar-refractivity contribution is 0.783. The van der Waals surface area contributed by atoms with Gasteiger partial charge in [0.05, 0.1) is 0 Å². The summed E-state index contributed by atoms with van der Waals surface area (Å²) in [6.07, 6.45) is 0. The summed E-state index contributed by atoms with van der Waals surface area (Å²) in [6.45, 7) is 7.76. The maximum Gasteiger partial charge on any atom is 0.226 e. The molecule has 2 N–H and O–H groups in total. The van der Waals surface area contributed by atoms with Crippen LogP contribution in [0.4, 0.5) is 11.6 Å². The molecule has 4 heteroatoms. The van der Waals surface area contributed by atoms with Crippen LogP contribution in [0.2, 0.25) is 0 Å². The molecule has 19 heavy (non-hydrogen) atoms. The fourth-order valence-electron chi connectivity index (χ4n) is 2.02. The van der Waals surface area contributed by atoms with E-state index in [9.17, 15) is 0 Å². The van der Waals surface area contributed by atoms with E-state index in [0.29, 0.717) is 0 Å². The maximum absolute atomic E-state index is 5.70. The molecule has 0 spiro atoms. The van der Waals surface area contributed by atoms with E-state index < -0.39 is 0 Å². The number of nitrogen functional groups attached to an aromatic ring is 1. The zero-order valence-electron chi connectivity index (χ0n) is 11.7. The Kier molecular flexibility index (Phi) is 4.00. The molecule has 0 fully saturated rings. The van der Waals surface area contributed by atoms with Gasteiger partial charge in [-0.25, -0.2) is 9.97 Å². The normalized spacial score (nSPS) is 10.5. The Morgan fingerprint density at radius 2 is 1.63 bits per heavy atom. The van der Waals surface area contributed by atoms with E-state index in [2.05, 4.69) is 21.8 Å². The number of hydrogen-bond acceptors (Lipinski definition) is 4. The van der Waals surface area contributed by atoms with Gasteiger partial charge in [0.15, 0.2) is 0 Å². The predicted octanol–water partition coefficient (Wildman–Crippen LogP) is 2.70. The highest BCUT2D eigenvalue weighted by atomic mass is 15.2. The van der Waals surface area contributed by atoms with Gasteiger partial charge in [-0.15, -0.1) is 0 Å². The van der Waals surface area contributed by atoms with Crippen molar-refractivity contribution in [2.24, 2.45) is 0 Å². The lowest BCUT2D eigenvalue weighted by atomic mass is 10.2. The molecule has 0 aliphatic heterocycles. The minimum atomic E-state index is 0.787. The maximum atomic E-state index is 5.70. The van der Waals surface area contributed by atoms with Crippen molar-refractivity contribution in [1.82, 2.24) is 9.97 Å². The highest BCUT2D eigenvalue weighted by molar-refractivity contribution is 5.41. The van der Waals surface area contributed by atoms with Gasteiger partial charge in [-0.3, -0.25) is 0 Å². The van der Waals surface area contributed by atoms with Gasteiger partial charge in [0.25, 0.3) is 0 Å². The molecule has 0 saturated carbocycles. The summed E-state index contributed by atoms with van der Waals surface area (Å²) in [7, 11) is 0. The molecule has 0 aliphatic rings. The van der Waals surface area contributed by atoms with Crippen molar-refractivity contribution in [2.75, 3.05) is 17.2 Å². The number of rotatable bonds is 4. The van der Waals surface area contributed by atoms with Crippen LogP contribution in [0.1, 0.15) is 23.9 Å². The fourth-order valence-corrected chi connectivity index (χ4v) is 2.02. The highest BCUT2D eigenvalue weighted by Crippen LogP contribution is 2.14.